The van der Waals surface area contributed by atoms with E-state index < -0.39 is 37.3 Å². The van der Waals surface area contributed by atoms with Crippen molar-refractivity contribution in [2.45, 2.75) is 121 Å². The summed E-state index contributed by atoms with van der Waals surface area (Å²) in [5.74, 6) is 0.961. The van der Waals surface area contributed by atoms with Gasteiger partial charge in [-0.05, 0) is 87.2 Å². The molecular weight excluding hydrogens is 538 g/mol. The molecule has 3 heterocycles. The summed E-state index contributed by atoms with van der Waals surface area (Å²) in [6.45, 7) is 9.65. The first kappa shape index (κ1) is 29.5. The molecule has 1 spiro atoms. The lowest BCUT2D eigenvalue weighted by atomic mass is 9.56. The molecule has 2 saturated carbocycles. The number of fused-ring (bicyclic) bond motifs is 6. The lowest BCUT2D eigenvalue weighted by Gasteiger charge is -2.49. The van der Waals surface area contributed by atoms with Gasteiger partial charge in [0, 0.05) is 23.5 Å². The molecule has 0 unspecified atom stereocenters. The number of aliphatic hydroxyl groups is 4. The second kappa shape index (κ2) is 10.4. The van der Waals surface area contributed by atoms with E-state index in [1.807, 2.05) is 0 Å². The molecule has 0 bridgehead atoms. The van der Waals surface area contributed by atoms with Crippen molar-refractivity contribution in [2.75, 3.05) is 13.2 Å². The Balaban J connectivity index is 1.11. The number of allylic oxidation sites excluding steroid dienone is 2. The summed E-state index contributed by atoms with van der Waals surface area (Å²) in [7, 11) is 0. The first-order valence-electron chi connectivity index (χ1n) is 16.3. The van der Waals surface area contributed by atoms with Gasteiger partial charge >= 0.3 is 0 Å². The van der Waals surface area contributed by atoms with Gasteiger partial charge in [-0.25, -0.2) is 0 Å². The molecule has 15 atom stereocenters. The Morgan fingerprint density at radius 1 is 1.14 bits per heavy atom. The van der Waals surface area contributed by atoms with Crippen LogP contribution in [0.15, 0.2) is 22.8 Å². The fraction of sp³-hybridized carbons (Fsp3) is 0.848. The molecule has 3 saturated heterocycles. The molecule has 4 aliphatic carbocycles. The van der Waals surface area contributed by atoms with Crippen molar-refractivity contribution in [1.82, 2.24) is 5.32 Å². The molecule has 7 rings (SSSR count). The molecule has 0 amide bonds. The van der Waals surface area contributed by atoms with Crippen LogP contribution in [0.5, 0.6) is 0 Å². The Morgan fingerprint density at radius 2 is 1.93 bits per heavy atom. The number of hydrogen-bond donors (Lipinski definition) is 5. The highest BCUT2D eigenvalue weighted by atomic mass is 16.7. The van der Waals surface area contributed by atoms with Crippen molar-refractivity contribution in [2.24, 2.45) is 40.9 Å². The standard InChI is InChI=1S/C33H49NO8/c1-15-11-23-26(34-13-15)17(3)33(42-23)10-8-20-21-6-5-18-12-19(40-31-22(14-35)27(36)29(38)30(39)41-31)7-9-32(18,4)25(21)28(37)24(20)16(33)2/h5,15,17,19-23,25-27,29-31,34-36,38-39H,6-14H2,1-4H3/t15-,17+,19-,20-,21+,22-,23-,25+,26-,27+,29+,30-,31+,32+,33-/m1/s1. The SMILES string of the molecule is CC1=C2C(=O)[C@@H]3[C@@H](CC=C4C[C@H](O[C@H]5O[C@@H](O)[C@@H](O)[C@@H](O)[C@H]5CO)CC[C@@]43C)[C@H]2CC[C@@]12O[C@@H]1C[C@@H](C)CN[C@@H]1[C@@H]2C. The predicted molar refractivity (Wildman–Crippen MR) is 153 cm³/mol. The van der Waals surface area contributed by atoms with E-state index >= 15 is 0 Å². The summed E-state index contributed by atoms with van der Waals surface area (Å²) < 4.78 is 18.7. The molecule has 9 heteroatoms. The van der Waals surface area contributed by atoms with Crippen LogP contribution in [-0.4, -0.2) is 88.0 Å². The van der Waals surface area contributed by atoms with Crippen LogP contribution in [0.25, 0.3) is 0 Å². The molecule has 9 nitrogen and oxygen atoms in total. The number of carbonyl (C=O) groups is 1. The van der Waals surface area contributed by atoms with Gasteiger partial charge in [-0.15, -0.1) is 0 Å². The molecule has 234 valence electrons. The molecule has 0 aromatic carbocycles. The van der Waals surface area contributed by atoms with Crippen molar-refractivity contribution >= 4 is 5.78 Å². The number of nitrogens with one attached hydrogen (secondary N) is 1. The zero-order valence-electron chi connectivity index (χ0n) is 25.4. The van der Waals surface area contributed by atoms with Crippen LogP contribution in [0.4, 0.5) is 0 Å². The summed E-state index contributed by atoms with van der Waals surface area (Å²) in [5.41, 5.74) is 2.90. The second-order valence-electron chi connectivity index (χ2n) is 14.9. The maximum Gasteiger partial charge on any atom is 0.186 e. The van der Waals surface area contributed by atoms with Gasteiger partial charge in [0.05, 0.1) is 36.4 Å². The van der Waals surface area contributed by atoms with Crippen LogP contribution < -0.4 is 5.32 Å². The smallest absolute Gasteiger partial charge is 0.186 e. The normalized spacial score (nSPS) is 53.9. The van der Waals surface area contributed by atoms with Crippen molar-refractivity contribution < 1.29 is 39.4 Å². The molecule has 5 fully saturated rings. The molecule has 7 aliphatic rings. The van der Waals surface area contributed by atoms with E-state index in [4.69, 9.17) is 14.2 Å². The summed E-state index contributed by atoms with van der Waals surface area (Å²) in [6.07, 6.45) is 2.96. The van der Waals surface area contributed by atoms with E-state index in [2.05, 4.69) is 39.1 Å². The van der Waals surface area contributed by atoms with Gasteiger partial charge < -0.3 is 40.0 Å². The fourth-order valence-electron chi connectivity index (χ4n) is 10.4. The van der Waals surface area contributed by atoms with Gasteiger partial charge in [0.2, 0.25) is 0 Å². The Bertz CT molecular complexity index is 1170. The lowest BCUT2D eigenvalue weighted by Crippen LogP contribution is -2.57. The topological polar surface area (TPSA) is 138 Å². The summed E-state index contributed by atoms with van der Waals surface area (Å²) in [4.78, 5) is 14.5. The van der Waals surface area contributed by atoms with E-state index in [1.54, 1.807) is 0 Å². The number of Topliss-reactive ketones (excluding diaryl/α,β-unsaturated/α-hetero) is 1. The highest BCUT2D eigenvalue weighted by Crippen LogP contribution is 2.64. The third-order valence-electron chi connectivity index (χ3n) is 12.8. The van der Waals surface area contributed by atoms with E-state index in [0.29, 0.717) is 42.4 Å². The third kappa shape index (κ3) is 4.14. The van der Waals surface area contributed by atoms with Crippen molar-refractivity contribution in [3.8, 4) is 0 Å². The minimum atomic E-state index is -1.58. The lowest BCUT2D eigenvalue weighted by molar-refractivity contribution is -0.341. The molecule has 5 N–H and O–H groups in total. The van der Waals surface area contributed by atoms with Gasteiger partial charge in [-0.1, -0.05) is 32.4 Å². The highest BCUT2D eigenvalue weighted by molar-refractivity contribution is 6.02. The Hall–Kier alpha value is -1.17. The van der Waals surface area contributed by atoms with Gasteiger partial charge in [0.15, 0.2) is 18.4 Å². The Morgan fingerprint density at radius 3 is 2.69 bits per heavy atom. The van der Waals surface area contributed by atoms with Crippen molar-refractivity contribution in [1.29, 1.82) is 0 Å². The average molecular weight is 588 g/mol. The number of ether oxygens (including phenoxy) is 3. The van der Waals surface area contributed by atoms with Gasteiger partial charge in [-0.3, -0.25) is 4.79 Å². The minimum Gasteiger partial charge on any atom is -0.396 e. The van der Waals surface area contributed by atoms with E-state index in [0.717, 1.165) is 44.2 Å². The van der Waals surface area contributed by atoms with Crippen LogP contribution in [0, 0.1) is 40.9 Å². The zero-order valence-corrected chi connectivity index (χ0v) is 25.4. The van der Waals surface area contributed by atoms with Crippen LogP contribution >= 0.6 is 0 Å². The van der Waals surface area contributed by atoms with Gasteiger partial charge in [0.1, 0.15) is 6.10 Å². The van der Waals surface area contributed by atoms with Crippen LogP contribution in [0.2, 0.25) is 0 Å². The number of carbonyl (C=O) groups excluding carboxylic acids is 1. The maximum atomic E-state index is 14.5. The molecule has 42 heavy (non-hydrogen) atoms. The molecular formula is C33H49NO8. The summed E-state index contributed by atoms with van der Waals surface area (Å²) >= 11 is 0. The quantitative estimate of drug-likeness (QED) is 0.315. The van der Waals surface area contributed by atoms with Crippen LogP contribution in [0.3, 0.4) is 0 Å². The summed E-state index contributed by atoms with van der Waals surface area (Å²) in [5, 5.41) is 44.0. The number of rotatable bonds is 3. The van der Waals surface area contributed by atoms with Crippen LogP contribution in [-0.2, 0) is 19.0 Å². The highest BCUT2D eigenvalue weighted by Gasteiger charge is 2.63. The van der Waals surface area contributed by atoms with Crippen molar-refractivity contribution in [3.05, 3.63) is 22.8 Å². The minimum absolute atomic E-state index is 0.0457. The first-order chi connectivity index (χ1) is 20.0. The number of ketones is 1. The van der Waals surface area contributed by atoms with Crippen LogP contribution in [0.1, 0.15) is 72.6 Å². The zero-order chi connectivity index (χ0) is 29.7. The van der Waals surface area contributed by atoms with Gasteiger partial charge in [0.25, 0.3) is 0 Å². The average Bonchev–Trinajstić information content (AvgIpc) is 3.41. The number of aliphatic hydroxyl groups excluding tert-OH is 4. The molecule has 0 radical (unpaired) electrons. The maximum absolute atomic E-state index is 14.5. The fourth-order valence-corrected chi connectivity index (χ4v) is 10.4. The number of hydrogen-bond acceptors (Lipinski definition) is 9. The third-order valence-corrected chi connectivity index (χ3v) is 12.8. The Kier molecular flexibility index (Phi) is 7.34. The predicted octanol–water partition coefficient (Wildman–Crippen LogP) is 2.21. The molecule has 0 aromatic rings. The molecule has 3 aliphatic heterocycles. The monoisotopic (exact) mass is 587 g/mol. The Labute approximate surface area is 248 Å². The van der Waals surface area contributed by atoms with E-state index in [9.17, 15) is 25.2 Å². The van der Waals surface area contributed by atoms with Crippen molar-refractivity contribution in [3.63, 3.8) is 0 Å². The van der Waals surface area contributed by atoms with E-state index in [1.165, 1.54) is 11.1 Å². The summed E-state index contributed by atoms with van der Waals surface area (Å²) in [6, 6.07) is 0.345. The number of piperidine rings is 1. The second-order valence-corrected chi connectivity index (χ2v) is 14.9. The first-order valence-corrected chi connectivity index (χ1v) is 16.3. The molecule has 0 aromatic heterocycles. The largest absolute Gasteiger partial charge is 0.396 e. The van der Waals surface area contributed by atoms with E-state index in [-0.39, 0.29) is 35.1 Å². The van der Waals surface area contributed by atoms with Gasteiger partial charge in [-0.2, -0.15) is 0 Å².